The SMILES string of the molecule is CCCC=C1Nc2ccc3[nH]ccc3c2N1. The Morgan fingerprint density at radius 3 is 3.00 bits per heavy atom. The molecule has 0 fully saturated rings. The molecule has 0 bridgehead atoms. The fourth-order valence-electron chi connectivity index (χ4n) is 2.07. The van der Waals surface area contributed by atoms with Gasteiger partial charge < -0.3 is 15.6 Å². The molecule has 0 amide bonds. The quantitative estimate of drug-likeness (QED) is 0.712. The molecule has 0 unspecified atom stereocenters. The zero-order valence-corrected chi connectivity index (χ0v) is 9.30. The molecule has 3 heteroatoms. The molecule has 1 aliphatic rings. The predicted molar refractivity (Wildman–Crippen MR) is 68.5 cm³/mol. The lowest BCUT2D eigenvalue weighted by Crippen LogP contribution is -1.98. The molecular formula is C13H15N3. The number of unbranched alkanes of at least 4 members (excludes halogenated alkanes) is 1. The van der Waals surface area contributed by atoms with Gasteiger partial charge in [0.2, 0.25) is 0 Å². The van der Waals surface area contributed by atoms with Crippen LogP contribution in [-0.2, 0) is 0 Å². The van der Waals surface area contributed by atoms with Gasteiger partial charge in [-0.15, -0.1) is 0 Å². The summed E-state index contributed by atoms with van der Waals surface area (Å²) in [6.45, 7) is 2.18. The minimum Gasteiger partial charge on any atom is -0.361 e. The number of anilines is 2. The molecule has 1 aliphatic heterocycles. The molecule has 2 aromatic rings. The monoisotopic (exact) mass is 213 g/mol. The third-order valence-corrected chi connectivity index (χ3v) is 2.90. The van der Waals surface area contributed by atoms with E-state index >= 15 is 0 Å². The molecule has 3 nitrogen and oxygen atoms in total. The molecule has 82 valence electrons. The first-order valence-corrected chi connectivity index (χ1v) is 5.73. The highest BCUT2D eigenvalue weighted by Crippen LogP contribution is 2.36. The molecule has 3 N–H and O–H groups in total. The van der Waals surface area contributed by atoms with Crippen molar-refractivity contribution in [3.05, 3.63) is 36.3 Å². The van der Waals surface area contributed by atoms with E-state index in [0.29, 0.717) is 0 Å². The second kappa shape index (κ2) is 3.59. The molecule has 1 aromatic heterocycles. The first kappa shape index (κ1) is 9.33. The summed E-state index contributed by atoms with van der Waals surface area (Å²) in [7, 11) is 0. The van der Waals surface area contributed by atoms with Crippen LogP contribution in [0, 0.1) is 0 Å². The number of fused-ring (bicyclic) bond motifs is 3. The van der Waals surface area contributed by atoms with Crippen molar-refractivity contribution < 1.29 is 0 Å². The molecular weight excluding hydrogens is 198 g/mol. The fourth-order valence-corrected chi connectivity index (χ4v) is 2.07. The van der Waals surface area contributed by atoms with Gasteiger partial charge in [-0.25, -0.2) is 0 Å². The van der Waals surface area contributed by atoms with E-state index in [9.17, 15) is 0 Å². The van der Waals surface area contributed by atoms with Gasteiger partial charge in [0, 0.05) is 17.1 Å². The van der Waals surface area contributed by atoms with Gasteiger partial charge in [0.1, 0.15) is 5.82 Å². The summed E-state index contributed by atoms with van der Waals surface area (Å²) in [6.07, 6.45) is 6.45. The van der Waals surface area contributed by atoms with Gasteiger partial charge in [-0.1, -0.05) is 13.3 Å². The van der Waals surface area contributed by atoms with Crippen LogP contribution in [0.4, 0.5) is 11.4 Å². The fraction of sp³-hybridized carbons (Fsp3) is 0.231. The lowest BCUT2D eigenvalue weighted by Gasteiger charge is -1.99. The normalized spacial score (nSPS) is 16.2. The van der Waals surface area contributed by atoms with Crippen LogP contribution in [0.2, 0.25) is 0 Å². The lowest BCUT2D eigenvalue weighted by atomic mass is 10.2. The van der Waals surface area contributed by atoms with Gasteiger partial charge in [0.15, 0.2) is 0 Å². The molecule has 0 atom stereocenters. The van der Waals surface area contributed by atoms with Crippen molar-refractivity contribution in [2.45, 2.75) is 19.8 Å². The molecule has 1 aromatic carbocycles. The minimum atomic E-state index is 1.10. The smallest absolute Gasteiger partial charge is 0.104 e. The van der Waals surface area contributed by atoms with E-state index in [2.05, 4.69) is 46.8 Å². The lowest BCUT2D eigenvalue weighted by molar-refractivity contribution is 0.951. The number of nitrogens with one attached hydrogen (secondary N) is 3. The van der Waals surface area contributed by atoms with Gasteiger partial charge in [0.25, 0.3) is 0 Å². The van der Waals surface area contributed by atoms with Crippen LogP contribution in [0.15, 0.2) is 36.3 Å². The summed E-state index contributed by atoms with van der Waals surface area (Å²) in [6, 6.07) is 6.31. The molecule has 0 saturated heterocycles. The van der Waals surface area contributed by atoms with Crippen molar-refractivity contribution in [3.63, 3.8) is 0 Å². The number of hydrogen-bond acceptors (Lipinski definition) is 2. The van der Waals surface area contributed by atoms with Gasteiger partial charge in [0.05, 0.1) is 11.4 Å². The van der Waals surface area contributed by atoms with Gasteiger partial charge in [-0.3, -0.25) is 0 Å². The van der Waals surface area contributed by atoms with Crippen molar-refractivity contribution in [3.8, 4) is 0 Å². The maximum absolute atomic E-state index is 3.43. The van der Waals surface area contributed by atoms with Crippen molar-refractivity contribution in [2.75, 3.05) is 10.6 Å². The van der Waals surface area contributed by atoms with E-state index in [1.807, 2.05) is 6.20 Å². The summed E-state index contributed by atoms with van der Waals surface area (Å²) >= 11 is 0. The molecule has 16 heavy (non-hydrogen) atoms. The second-order valence-corrected chi connectivity index (χ2v) is 4.08. The van der Waals surface area contributed by atoms with Crippen LogP contribution in [0.1, 0.15) is 19.8 Å². The third-order valence-electron chi connectivity index (χ3n) is 2.90. The van der Waals surface area contributed by atoms with Crippen LogP contribution in [0.25, 0.3) is 10.9 Å². The van der Waals surface area contributed by atoms with E-state index < -0.39 is 0 Å². The summed E-state index contributed by atoms with van der Waals surface area (Å²) in [5.41, 5.74) is 3.51. The molecule has 0 saturated carbocycles. The van der Waals surface area contributed by atoms with E-state index in [0.717, 1.165) is 17.9 Å². The number of allylic oxidation sites excluding steroid dienone is 1. The van der Waals surface area contributed by atoms with Gasteiger partial charge in [-0.2, -0.15) is 0 Å². The van der Waals surface area contributed by atoms with Gasteiger partial charge in [-0.05, 0) is 30.7 Å². The molecule has 0 radical (unpaired) electrons. The molecule has 0 spiro atoms. The van der Waals surface area contributed by atoms with Gasteiger partial charge >= 0.3 is 0 Å². The van der Waals surface area contributed by atoms with Crippen LogP contribution < -0.4 is 10.6 Å². The van der Waals surface area contributed by atoms with Crippen LogP contribution >= 0.6 is 0 Å². The summed E-state index contributed by atoms with van der Waals surface area (Å²) in [4.78, 5) is 3.22. The number of aromatic amines is 1. The predicted octanol–water partition coefficient (Wildman–Crippen LogP) is 3.65. The average molecular weight is 213 g/mol. The van der Waals surface area contributed by atoms with Crippen molar-refractivity contribution >= 4 is 22.3 Å². The summed E-state index contributed by atoms with van der Waals surface area (Å²) < 4.78 is 0. The highest BCUT2D eigenvalue weighted by atomic mass is 15.2. The first-order chi connectivity index (χ1) is 7.88. The van der Waals surface area contributed by atoms with Crippen molar-refractivity contribution in [2.24, 2.45) is 0 Å². The highest BCUT2D eigenvalue weighted by molar-refractivity contribution is 6.02. The maximum Gasteiger partial charge on any atom is 0.104 e. The first-order valence-electron chi connectivity index (χ1n) is 5.73. The Morgan fingerprint density at radius 1 is 1.19 bits per heavy atom. The Labute approximate surface area is 94.6 Å². The Balaban J connectivity index is 2.02. The molecule has 2 heterocycles. The number of aromatic nitrogens is 1. The van der Waals surface area contributed by atoms with E-state index in [1.54, 1.807) is 0 Å². The van der Waals surface area contributed by atoms with E-state index in [4.69, 9.17) is 0 Å². The third kappa shape index (κ3) is 1.36. The Bertz CT molecular complexity index is 551. The van der Waals surface area contributed by atoms with E-state index in [-0.39, 0.29) is 0 Å². The summed E-state index contributed by atoms with van der Waals surface area (Å²) in [5.74, 6) is 1.10. The average Bonchev–Trinajstić information content (AvgIpc) is 2.90. The Kier molecular flexibility index (Phi) is 2.10. The van der Waals surface area contributed by atoms with Crippen LogP contribution in [0.3, 0.4) is 0 Å². The maximum atomic E-state index is 3.43. The Morgan fingerprint density at radius 2 is 2.12 bits per heavy atom. The highest BCUT2D eigenvalue weighted by Gasteiger charge is 2.16. The summed E-state index contributed by atoms with van der Waals surface area (Å²) in [5, 5.41) is 8.06. The van der Waals surface area contributed by atoms with Crippen LogP contribution in [-0.4, -0.2) is 4.98 Å². The zero-order chi connectivity index (χ0) is 11.0. The van der Waals surface area contributed by atoms with Crippen molar-refractivity contribution in [1.29, 1.82) is 0 Å². The van der Waals surface area contributed by atoms with Crippen LogP contribution in [0.5, 0.6) is 0 Å². The van der Waals surface area contributed by atoms with Crippen molar-refractivity contribution in [1.82, 2.24) is 4.98 Å². The van der Waals surface area contributed by atoms with E-state index in [1.165, 1.54) is 23.0 Å². The molecule has 0 aliphatic carbocycles. The minimum absolute atomic E-state index is 1.10. The largest absolute Gasteiger partial charge is 0.361 e. The number of benzene rings is 1. The number of H-pyrrole nitrogens is 1. The molecule has 3 rings (SSSR count). The number of hydrogen-bond donors (Lipinski definition) is 3. The second-order valence-electron chi connectivity index (χ2n) is 4.08. The zero-order valence-electron chi connectivity index (χ0n) is 9.30. The standard InChI is InChI=1S/C13H15N3/c1-2-3-4-12-15-11-6-5-10-9(7-8-14-10)13(11)16-12/h4-8,14-16H,2-3H2,1H3. The Hall–Kier alpha value is -1.90. The topological polar surface area (TPSA) is 39.9 Å². The number of rotatable bonds is 2.